The summed E-state index contributed by atoms with van der Waals surface area (Å²) < 4.78 is 89.9. The van der Waals surface area contributed by atoms with Crippen LogP contribution < -0.4 is 34.3 Å². The number of aromatic nitrogens is 10. The zero-order valence-corrected chi connectivity index (χ0v) is 85.3. The quantitative estimate of drug-likeness (QED) is 0.0186. The van der Waals surface area contributed by atoms with Crippen molar-refractivity contribution in [1.29, 1.82) is 0 Å². The van der Waals surface area contributed by atoms with Crippen LogP contribution in [0.4, 0.5) is 16.0 Å². The Kier molecular flexibility index (Phi) is 35.0. The van der Waals surface area contributed by atoms with Crippen molar-refractivity contribution in [3.63, 3.8) is 0 Å². The first kappa shape index (κ1) is 101. The molecule has 10 aromatic rings. The van der Waals surface area contributed by atoms with Gasteiger partial charge in [0.25, 0.3) is 0 Å². The van der Waals surface area contributed by atoms with E-state index < -0.39 is 24.2 Å². The molecule has 34 heteroatoms. The molecule has 734 valence electrons. The highest BCUT2D eigenvalue weighted by Gasteiger charge is 2.34. The van der Waals surface area contributed by atoms with Crippen molar-refractivity contribution in [2.45, 2.75) is 230 Å². The SMILES string of the molecule is CC1=CCOCC1.C[Si](C)(C)CCOCn1cc(Br)nc1C1COc2ccc(O)cc2C1.C[Si](C)(C)CCOCn1cc(C2=CCOCC2)nc1C1COc2ccc(O)cc2C1.C[Si](C)(C)CCOCn1cc(C2CCOCC2)nc1C1COc2ccc(O)cc2C1.O=C1CCc2c(F)ccnc2N1.O=C1CCc2c(Oc3ccc4c(c3)CC(c3ncc(C5CCOCC5)[nH]3)CO4)ccnc2N1. The molecule has 2 amide bonds. The molecule has 2 saturated heterocycles. The number of carbonyl (C=O) groups is 2. The lowest BCUT2D eigenvalue weighted by Gasteiger charge is -2.26. The number of nitrogens with zero attached hydrogens (tertiary/aromatic N) is 9. The second-order valence-electron chi connectivity index (χ2n) is 40.3. The second kappa shape index (κ2) is 47.5. The van der Waals surface area contributed by atoms with Gasteiger partial charge in [0.15, 0.2) is 0 Å². The number of hydrogen-bond acceptors (Lipinski definition) is 23. The zero-order chi connectivity index (χ0) is 96.2. The number of pyridine rings is 2. The van der Waals surface area contributed by atoms with Gasteiger partial charge in [0, 0.05) is 149 Å². The zero-order valence-electron chi connectivity index (χ0n) is 80.8. The Morgan fingerprint density at radius 1 is 0.474 bits per heavy atom. The van der Waals surface area contributed by atoms with Crippen LogP contribution in [0, 0.1) is 5.82 Å². The predicted molar refractivity (Wildman–Crippen MR) is 534 cm³/mol. The average molecular weight is 2000 g/mol. The number of ether oxygens (including phenoxy) is 12. The summed E-state index contributed by atoms with van der Waals surface area (Å²) in [5.41, 5.74) is 11.7. The van der Waals surface area contributed by atoms with E-state index in [1.165, 1.54) is 29.1 Å². The largest absolute Gasteiger partial charge is 0.508 e. The number of carbonyl (C=O) groups excluding carboxylic acids is 2. The lowest BCUT2D eigenvalue weighted by Crippen LogP contribution is -2.24. The summed E-state index contributed by atoms with van der Waals surface area (Å²) in [6.07, 6.45) is 26.7. The third-order valence-electron chi connectivity index (χ3n) is 25.7. The molecule has 10 aliphatic rings. The van der Waals surface area contributed by atoms with Crippen LogP contribution in [0.2, 0.25) is 77.1 Å². The van der Waals surface area contributed by atoms with Crippen LogP contribution in [0.15, 0.2) is 144 Å². The van der Waals surface area contributed by atoms with Crippen molar-refractivity contribution in [1.82, 2.24) is 48.6 Å². The van der Waals surface area contributed by atoms with Gasteiger partial charge in [-0.25, -0.2) is 34.3 Å². The maximum atomic E-state index is 13.0. The number of anilines is 2. The summed E-state index contributed by atoms with van der Waals surface area (Å²) in [4.78, 5) is 53.6. The van der Waals surface area contributed by atoms with Gasteiger partial charge >= 0.3 is 0 Å². The molecule has 0 saturated carbocycles. The number of amides is 2. The first-order valence-corrected chi connectivity index (χ1v) is 60.2. The molecule has 0 bridgehead atoms. The Morgan fingerprint density at radius 3 is 1.45 bits per heavy atom. The molecule has 20 rings (SSSR count). The molecule has 16 heterocycles. The van der Waals surface area contributed by atoms with E-state index in [0.717, 1.165) is 250 Å². The summed E-state index contributed by atoms with van der Waals surface area (Å²) in [5.74, 6) is 11.7. The molecule has 2 fully saturated rings. The summed E-state index contributed by atoms with van der Waals surface area (Å²) in [7, 11) is -3.32. The van der Waals surface area contributed by atoms with Gasteiger partial charge in [0.05, 0.1) is 87.9 Å². The Hall–Kier alpha value is -10.4. The first-order chi connectivity index (χ1) is 66.0. The fourth-order valence-electron chi connectivity index (χ4n) is 17.7. The molecule has 29 nitrogen and oxygen atoms in total. The fourth-order valence-corrected chi connectivity index (χ4v) is 20.4. The van der Waals surface area contributed by atoms with E-state index in [-0.39, 0.29) is 58.6 Å². The Balaban J connectivity index is 0.000000130. The highest BCUT2D eigenvalue weighted by Crippen LogP contribution is 2.43. The molecule has 10 aliphatic heterocycles. The van der Waals surface area contributed by atoms with Crippen LogP contribution >= 0.6 is 15.9 Å². The van der Waals surface area contributed by atoms with Crippen LogP contribution in [-0.2, 0) is 101 Å². The molecule has 137 heavy (non-hydrogen) atoms. The predicted octanol–water partition coefficient (Wildman–Crippen LogP) is 19.9. The number of aromatic amines is 1. The van der Waals surface area contributed by atoms with E-state index in [2.05, 4.69) is 156 Å². The lowest BCUT2D eigenvalue weighted by molar-refractivity contribution is -0.117. The van der Waals surface area contributed by atoms with Gasteiger partial charge in [-0.2, -0.15) is 0 Å². The molecule has 4 unspecified atom stereocenters. The third kappa shape index (κ3) is 29.2. The number of H-pyrrole nitrogens is 1. The number of fused-ring (bicyclic) bond motifs is 6. The van der Waals surface area contributed by atoms with Crippen molar-refractivity contribution in [2.24, 2.45) is 0 Å². The van der Waals surface area contributed by atoms with Crippen molar-refractivity contribution < 1.29 is 86.1 Å². The number of hydrogen-bond donors (Lipinski definition) is 6. The van der Waals surface area contributed by atoms with Crippen LogP contribution in [0.3, 0.4) is 0 Å². The second-order valence-corrected chi connectivity index (χ2v) is 57.9. The molecule has 0 spiro atoms. The number of nitrogens with one attached hydrogen (secondary N) is 3. The van der Waals surface area contributed by atoms with E-state index in [1.54, 1.807) is 42.6 Å². The highest BCUT2D eigenvalue weighted by molar-refractivity contribution is 9.10. The van der Waals surface area contributed by atoms with E-state index in [9.17, 15) is 29.3 Å². The van der Waals surface area contributed by atoms with Gasteiger partial charge in [0.2, 0.25) is 11.8 Å². The Bertz CT molecular complexity index is 5790. The van der Waals surface area contributed by atoms with Crippen molar-refractivity contribution in [3.8, 4) is 51.7 Å². The molecule has 4 aromatic carbocycles. The lowest BCUT2D eigenvalue weighted by atomic mass is 9.95. The summed E-state index contributed by atoms with van der Waals surface area (Å²) in [6, 6.07) is 28.4. The molecule has 6 aromatic heterocycles. The number of benzene rings is 4. The Labute approximate surface area is 813 Å². The minimum atomic E-state index is -1.12. The third-order valence-corrected chi connectivity index (χ3v) is 31.2. The van der Waals surface area contributed by atoms with Gasteiger partial charge < -0.3 is 101 Å². The van der Waals surface area contributed by atoms with Gasteiger partial charge in [-0.15, -0.1) is 0 Å². The minimum Gasteiger partial charge on any atom is -0.508 e. The molecule has 6 N–H and O–H groups in total. The van der Waals surface area contributed by atoms with Gasteiger partial charge in [-0.3, -0.25) is 9.59 Å². The maximum Gasteiger partial charge on any atom is 0.225 e. The monoisotopic (exact) mass is 1990 g/mol. The number of phenols is 3. The number of imidazole rings is 4. The summed E-state index contributed by atoms with van der Waals surface area (Å²) in [5, 5.41) is 34.8. The van der Waals surface area contributed by atoms with Gasteiger partial charge in [-0.05, 0) is 231 Å². The van der Waals surface area contributed by atoms with E-state index in [4.69, 9.17) is 66.8 Å². The topological polar surface area (TPSA) is 338 Å². The number of phenolic OH excluding ortho intramolecular Hbond substituents is 3. The van der Waals surface area contributed by atoms with Crippen molar-refractivity contribution in [3.05, 3.63) is 224 Å². The molecular formula is C103H134BrFN12O17Si3. The maximum absolute atomic E-state index is 13.0. The Morgan fingerprint density at radius 2 is 0.934 bits per heavy atom. The molecule has 4 atom stereocenters. The van der Waals surface area contributed by atoms with Crippen LogP contribution in [0.25, 0.3) is 5.57 Å². The standard InChI is InChI=1S/C25H26N4O4.C23H34N2O4Si.C23H32N2O4Si.C18H25BrN2O3Si.C8H7FN2O.C6H10O/c30-23-4-2-19-22(5-8-26-25(19)29-23)33-18-1-3-21-16(12-18)11-17(14-32-21)24-27-13-20(28-24)15-6-9-31-10-7-15;2*1-30(2,3)11-10-28-16-25-14-21(17-6-8-27-9-7-17)24-23(25)19-12-18-13-20(26)4-5-22(18)29-15-19;1-25(2,3)7-6-23-12-21-10-17(19)20-18(21)14-8-13-9-15(22)4-5-16(13)24-11-14;9-6-3-4-10-8-5(6)1-2-7(12)11-8;1-6-2-4-7-5-3-6/h1,3,5,8,12-13,15,17H,2,4,6-7,9-11,14H2,(H,27,28)(H,26,29,30);4-5,13-14,17,19,26H,6-12,15-16H2,1-3H3;4-6,13-14,19,26H,7-12,15-16H2,1-3H3;4-5,9-10,14,22H,6-8,11-12H2,1-3H3;3-4H,1-2H2,(H,10,11,12);2H,3-5H2,1H3. The molecular weight excluding hydrogens is 1860 g/mol. The normalized spacial score (nSPS) is 19.1. The van der Waals surface area contributed by atoms with Gasteiger partial charge in [0.1, 0.15) is 117 Å². The molecule has 0 aliphatic carbocycles. The van der Waals surface area contributed by atoms with E-state index in [0.29, 0.717) is 108 Å². The number of halogens is 2. The van der Waals surface area contributed by atoms with Crippen LogP contribution in [-0.4, -0.2) is 199 Å². The number of rotatable bonds is 24. The van der Waals surface area contributed by atoms with E-state index >= 15 is 0 Å². The fraction of sp³-hybridized carbons (Fsp3) is 0.495. The first-order valence-electron chi connectivity index (χ1n) is 48.3. The van der Waals surface area contributed by atoms with Gasteiger partial charge in [-0.1, -0.05) is 76.6 Å². The van der Waals surface area contributed by atoms with E-state index in [1.807, 2.05) is 54.9 Å². The van der Waals surface area contributed by atoms with Crippen LogP contribution in [0.1, 0.15) is 168 Å². The van der Waals surface area contributed by atoms with Crippen molar-refractivity contribution in [2.75, 3.05) is 110 Å². The minimum absolute atomic E-state index is 0.0120. The number of aromatic hydroxyl groups is 3. The summed E-state index contributed by atoms with van der Waals surface area (Å²) in [6.45, 7) is 36.0. The van der Waals surface area contributed by atoms with Crippen LogP contribution in [0.5, 0.6) is 51.7 Å². The smallest absolute Gasteiger partial charge is 0.225 e. The van der Waals surface area contributed by atoms with Crippen molar-refractivity contribution >= 4 is 69.2 Å². The highest BCUT2D eigenvalue weighted by atomic mass is 79.9. The molecule has 0 radical (unpaired) electrons. The summed E-state index contributed by atoms with van der Waals surface area (Å²) >= 11 is 3.47. The average Bonchev–Trinajstić information content (AvgIpc) is 1.63.